The molecule has 1 aliphatic rings. The van der Waals surface area contributed by atoms with Crippen molar-refractivity contribution in [3.63, 3.8) is 0 Å². The predicted molar refractivity (Wildman–Crippen MR) is 89.4 cm³/mol. The molecule has 1 heterocycles. The largest absolute Gasteiger partial charge is 0.472 e. The molecule has 1 aromatic carbocycles. The summed E-state index contributed by atoms with van der Waals surface area (Å²) in [5.74, 6) is -0.267. The Morgan fingerprint density at radius 2 is 1.85 bits per heavy atom. The number of carbonyl (C=O) groups is 1. The van der Waals surface area contributed by atoms with Gasteiger partial charge in [0.15, 0.2) is 0 Å². The van der Waals surface area contributed by atoms with Crippen LogP contribution < -0.4 is 4.74 Å². The molecule has 6 nitrogen and oxygen atoms in total. The van der Waals surface area contributed by atoms with Crippen LogP contribution in [-0.2, 0) is 10.9 Å². The predicted octanol–water partition coefficient (Wildman–Crippen LogP) is 4.11. The SMILES string of the molecule is CCOC(=O)c1[nH]nnc1OC1CCC(c2ccc(C(F)(F)F)cc2)CC1. The number of hydrogen-bond acceptors (Lipinski definition) is 5. The number of benzene rings is 1. The van der Waals surface area contributed by atoms with Crippen molar-refractivity contribution in [3.8, 4) is 5.88 Å². The Labute approximate surface area is 154 Å². The lowest BCUT2D eigenvalue weighted by Crippen LogP contribution is -2.24. The Morgan fingerprint density at radius 1 is 1.19 bits per heavy atom. The second-order valence-corrected chi connectivity index (χ2v) is 6.42. The number of esters is 1. The molecule has 0 atom stereocenters. The topological polar surface area (TPSA) is 77.1 Å². The van der Waals surface area contributed by atoms with Crippen LogP contribution in [0.1, 0.15) is 60.1 Å². The smallest absolute Gasteiger partial charge is 0.416 e. The zero-order chi connectivity index (χ0) is 19.4. The van der Waals surface area contributed by atoms with Gasteiger partial charge in [0.2, 0.25) is 5.69 Å². The minimum atomic E-state index is -4.32. The summed E-state index contributed by atoms with van der Waals surface area (Å²) < 4.78 is 48.7. The number of hydrogen-bond donors (Lipinski definition) is 1. The van der Waals surface area contributed by atoms with Gasteiger partial charge in [-0.2, -0.15) is 13.2 Å². The van der Waals surface area contributed by atoms with Gasteiger partial charge in [0.25, 0.3) is 5.88 Å². The third kappa shape index (κ3) is 4.58. The fourth-order valence-electron chi connectivity index (χ4n) is 3.25. The lowest BCUT2D eigenvalue weighted by molar-refractivity contribution is -0.137. The van der Waals surface area contributed by atoms with Crippen LogP contribution in [0.25, 0.3) is 0 Å². The zero-order valence-electron chi connectivity index (χ0n) is 14.8. The molecule has 9 heteroatoms. The number of carbonyl (C=O) groups excluding carboxylic acids is 1. The van der Waals surface area contributed by atoms with Crippen LogP contribution in [0.3, 0.4) is 0 Å². The van der Waals surface area contributed by atoms with Crippen molar-refractivity contribution >= 4 is 5.97 Å². The maximum absolute atomic E-state index is 12.7. The number of nitrogens with one attached hydrogen (secondary N) is 1. The van der Waals surface area contributed by atoms with Crippen molar-refractivity contribution in [3.05, 3.63) is 41.1 Å². The van der Waals surface area contributed by atoms with E-state index in [0.717, 1.165) is 30.5 Å². The van der Waals surface area contributed by atoms with Gasteiger partial charge in [-0.05, 0) is 56.2 Å². The third-order valence-electron chi connectivity index (χ3n) is 4.66. The monoisotopic (exact) mass is 383 g/mol. The van der Waals surface area contributed by atoms with E-state index in [1.54, 1.807) is 19.1 Å². The molecular formula is C18H20F3N3O3. The normalized spacial score (nSPS) is 20.3. The molecule has 1 aliphatic carbocycles. The zero-order valence-corrected chi connectivity index (χ0v) is 14.8. The summed E-state index contributed by atoms with van der Waals surface area (Å²) in [5, 5.41) is 9.86. The fraction of sp³-hybridized carbons (Fsp3) is 0.500. The Morgan fingerprint density at radius 3 is 2.44 bits per heavy atom. The molecule has 0 aliphatic heterocycles. The van der Waals surface area contributed by atoms with E-state index in [1.807, 2.05) is 0 Å². The first-order chi connectivity index (χ1) is 12.9. The standard InChI is InChI=1S/C18H20F3N3O3/c1-2-26-17(25)15-16(23-24-22-15)27-14-9-5-12(6-10-14)11-3-7-13(8-4-11)18(19,20)21/h3-4,7-8,12,14H,2,5-6,9-10H2,1H3,(H,22,23,24). The van der Waals surface area contributed by atoms with E-state index >= 15 is 0 Å². The van der Waals surface area contributed by atoms with E-state index < -0.39 is 17.7 Å². The Balaban J connectivity index is 1.57. The van der Waals surface area contributed by atoms with Gasteiger partial charge in [-0.3, -0.25) is 0 Å². The van der Waals surface area contributed by atoms with Crippen molar-refractivity contribution in [2.75, 3.05) is 6.61 Å². The van der Waals surface area contributed by atoms with Crippen LogP contribution in [-0.4, -0.2) is 34.1 Å². The van der Waals surface area contributed by atoms with Gasteiger partial charge in [-0.1, -0.05) is 22.4 Å². The minimum absolute atomic E-state index is 0.0849. The average Bonchev–Trinajstić information content (AvgIpc) is 3.10. The molecule has 1 N–H and O–H groups in total. The highest BCUT2D eigenvalue weighted by Gasteiger charge is 2.31. The maximum atomic E-state index is 12.7. The van der Waals surface area contributed by atoms with Crippen molar-refractivity contribution in [2.24, 2.45) is 0 Å². The van der Waals surface area contributed by atoms with E-state index in [-0.39, 0.29) is 30.2 Å². The second kappa shape index (κ2) is 7.98. The first-order valence-electron chi connectivity index (χ1n) is 8.80. The lowest BCUT2D eigenvalue weighted by atomic mass is 9.82. The molecule has 2 aromatic rings. The lowest BCUT2D eigenvalue weighted by Gasteiger charge is -2.28. The van der Waals surface area contributed by atoms with Gasteiger partial charge < -0.3 is 9.47 Å². The summed E-state index contributed by atoms with van der Waals surface area (Å²) in [6.07, 6.45) is -1.47. The summed E-state index contributed by atoms with van der Waals surface area (Å²) in [6.45, 7) is 1.93. The number of nitrogens with zero attached hydrogens (tertiary/aromatic N) is 2. The van der Waals surface area contributed by atoms with Crippen LogP contribution in [0.2, 0.25) is 0 Å². The van der Waals surface area contributed by atoms with Crippen molar-refractivity contribution in [1.29, 1.82) is 0 Å². The quantitative estimate of drug-likeness (QED) is 0.787. The van der Waals surface area contributed by atoms with Crippen LogP contribution in [0, 0.1) is 0 Å². The summed E-state index contributed by atoms with van der Waals surface area (Å²) in [5.41, 5.74) is 0.345. The Hall–Kier alpha value is -2.58. The average molecular weight is 383 g/mol. The molecule has 146 valence electrons. The first-order valence-corrected chi connectivity index (χ1v) is 8.80. The summed E-state index contributed by atoms with van der Waals surface area (Å²) in [4.78, 5) is 11.8. The summed E-state index contributed by atoms with van der Waals surface area (Å²) in [6, 6.07) is 5.34. The van der Waals surface area contributed by atoms with Gasteiger partial charge in [0.1, 0.15) is 6.10 Å². The molecule has 1 aromatic heterocycles. The Bertz CT molecular complexity index is 766. The van der Waals surface area contributed by atoms with Gasteiger partial charge in [0, 0.05) is 0 Å². The molecule has 0 saturated heterocycles. The summed E-state index contributed by atoms with van der Waals surface area (Å²) >= 11 is 0. The minimum Gasteiger partial charge on any atom is -0.472 e. The maximum Gasteiger partial charge on any atom is 0.416 e. The number of rotatable bonds is 5. The number of aromatic nitrogens is 3. The van der Waals surface area contributed by atoms with E-state index in [1.165, 1.54) is 0 Å². The molecular weight excluding hydrogens is 363 g/mol. The first kappa shape index (κ1) is 19.2. The van der Waals surface area contributed by atoms with Crippen LogP contribution in [0.15, 0.2) is 24.3 Å². The third-order valence-corrected chi connectivity index (χ3v) is 4.66. The highest BCUT2D eigenvalue weighted by molar-refractivity contribution is 5.89. The molecule has 3 rings (SSSR count). The molecule has 0 radical (unpaired) electrons. The van der Waals surface area contributed by atoms with Crippen LogP contribution >= 0.6 is 0 Å². The molecule has 0 spiro atoms. The van der Waals surface area contributed by atoms with Crippen molar-refractivity contribution in [2.45, 2.75) is 50.8 Å². The highest BCUT2D eigenvalue weighted by Crippen LogP contribution is 2.36. The number of ether oxygens (including phenoxy) is 2. The van der Waals surface area contributed by atoms with Crippen molar-refractivity contribution in [1.82, 2.24) is 15.4 Å². The van der Waals surface area contributed by atoms with E-state index in [4.69, 9.17) is 9.47 Å². The molecule has 0 unspecified atom stereocenters. The van der Waals surface area contributed by atoms with E-state index in [2.05, 4.69) is 15.4 Å². The van der Waals surface area contributed by atoms with Gasteiger partial charge in [0.05, 0.1) is 12.2 Å². The van der Waals surface area contributed by atoms with E-state index in [0.29, 0.717) is 12.8 Å². The van der Waals surface area contributed by atoms with Gasteiger partial charge in [-0.25, -0.2) is 9.89 Å². The number of alkyl halides is 3. The molecule has 0 bridgehead atoms. The van der Waals surface area contributed by atoms with Crippen LogP contribution in [0.4, 0.5) is 13.2 Å². The number of aromatic amines is 1. The Kier molecular flexibility index (Phi) is 5.67. The molecule has 0 amide bonds. The van der Waals surface area contributed by atoms with Crippen LogP contribution in [0.5, 0.6) is 5.88 Å². The highest BCUT2D eigenvalue weighted by atomic mass is 19.4. The molecule has 27 heavy (non-hydrogen) atoms. The molecule has 1 fully saturated rings. The summed E-state index contributed by atoms with van der Waals surface area (Å²) in [7, 11) is 0. The van der Waals surface area contributed by atoms with E-state index in [9.17, 15) is 18.0 Å². The number of halogens is 3. The van der Waals surface area contributed by atoms with Crippen molar-refractivity contribution < 1.29 is 27.4 Å². The van der Waals surface area contributed by atoms with Gasteiger partial charge >= 0.3 is 12.1 Å². The fourth-order valence-corrected chi connectivity index (χ4v) is 3.25. The number of H-pyrrole nitrogens is 1. The molecule has 1 saturated carbocycles. The second-order valence-electron chi connectivity index (χ2n) is 6.42. The van der Waals surface area contributed by atoms with Gasteiger partial charge in [-0.15, -0.1) is 0 Å².